The lowest BCUT2D eigenvalue weighted by molar-refractivity contribution is 0.00578. The van der Waals surface area contributed by atoms with Crippen LogP contribution in [0.15, 0.2) is 12.3 Å². The third kappa shape index (κ3) is 2.62. The van der Waals surface area contributed by atoms with Crippen LogP contribution in [0, 0.1) is 5.82 Å². The SMILES string of the molecule is CC1(C)OB(c2ccnc(N3CCOCC3)c2F)OC1(C)C. The van der Waals surface area contributed by atoms with Crippen molar-refractivity contribution >= 4 is 18.4 Å². The quantitative estimate of drug-likeness (QED) is 0.772. The van der Waals surface area contributed by atoms with Gasteiger partial charge >= 0.3 is 7.12 Å². The summed E-state index contributed by atoms with van der Waals surface area (Å²) in [6.45, 7) is 10.3. The number of nitrogens with zero attached hydrogens (tertiary/aromatic N) is 2. The highest BCUT2D eigenvalue weighted by Crippen LogP contribution is 2.36. The molecule has 0 aromatic carbocycles. The van der Waals surface area contributed by atoms with Crippen molar-refractivity contribution in [1.82, 2.24) is 4.98 Å². The Morgan fingerprint density at radius 1 is 1.14 bits per heavy atom. The van der Waals surface area contributed by atoms with E-state index in [0.717, 1.165) is 0 Å². The van der Waals surface area contributed by atoms with E-state index in [9.17, 15) is 4.39 Å². The van der Waals surface area contributed by atoms with Crippen LogP contribution in [0.5, 0.6) is 0 Å². The number of hydrogen-bond acceptors (Lipinski definition) is 5. The van der Waals surface area contributed by atoms with Crippen molar-refractivity contribution in [1.29, 1.82) is 0 Å². The van der Waals surface area contributed by atoms with E-state index < -0.39 is 18.3 Å². The van der Waals surface area contributed by atoms with Crippen LogP contribution in [-0.4, -0.2) is 49.6 Å². The summed E-state index contributed by atoms with van der Waals surface area (Å²) in [5, 5.41) is 0. The van der Waals surface area contributed by atoms with Crippen molar-refractivity contribution in [2.75, 3.05) is 31.2 Å². The van der Waals surface area contributed by atoms with Gasteiger partial charge in [0, 0.05) is 24.7 Å². The zero-order valence-corrected chi connectivity index (χ0v) is 13.6. The van der Waals surface area contributed by atoms with Gasteiger partial charge in [-0.05, 0) is 33.8 Å². The molecule has 1 aromatic rings. The van der Waals surface area contributed by atoms with Crippen LogP contribution in [0.2, 0.25) is 0 Å². The molecule has 3 heterocycles. The molecule has 0 saturated carbocycles. The van der Waals surface area contributed by atoms with E-state index in [0.29, 0.717) is 37.6 Å². The maximum Gasteiger partial charge on any atom is 0.498 e. The number of morpholine rings is 1. The molecule has 5 nitrogen and oxygen atoms in total. The second-order valence-corrected chi connectivity index (χ2v) is 6.73. The highest BCUT2D eigenvalue weighted by Gasteiger charge is 2.52. The van der Waals surface area contributed by atoms with E-state index in [-0.39, 0.29) is 5.82 Å². The maximum atomic E-state index is 14.9. The predicted molar refractivity (Wildman–Crippen MR) is 82.9 cm³/mol. The Hall–Kier alpha value is -1.18. The second kappa shape index (κ2) is 5.47. The van der Waals surface area contributed by atoms with E-state index >= 15 is 0 Å². The standard InChI is InChI=1S/C15H22BFN2O3/c1-14(2)15(3,4)22-16(21-14)11-5-6-18-13(12(11)17)19-7-9-20-10-8-19/h5-6H,7-10H2,1-4H3. The molecular weight excluding hydrogens is 286 g/mol. The first-order chi connectivity index (χ1) is 10.3. The van der Waals surface area contributed by atoms with Gasteiger partial charge in [-0.3, -0.25) is 0 Å². The summed E-state index contributed by atoms with van der Waals surface area (Å²) < 4.78 is 32.1. The molecule has 0 unspecified atom stereocenters. The molecule has 1 aromatic heterocycles. The molecule has 0 N–H and O–H groups in total. The third-order valence-electron chi connectivity index (χ3n) is 4.72. The summed E-state index contributed by atoms with van der Waals surface area (Å²) in [5.74, 6) is -0.0292. The van der Waals surface area contributed by atoms with Gasteiger partial charge in [0.2, 0.25) is 0 Å². The Morgan fingerprint density at radius 2 is 1.73 bits per heavy atom. The summed E-state index contributed by atoms with van der Waals surface area (Å²) in [6, 6.07) is 1.63. The number of hydrogen-bond donors (Lipinski definition) is 0. The Bertz CT molecular complexity index is 546. The minimum absolute atomic E-state index is 0.343. The molecule has 7 heteroatoms. The molecule has 0 aliphatic carbocycles. The summed E-state index contributed by atoms with van der Waals surface area (Å²) in [5.41, 5.74) is -0.589. The van der Waals surface area contributed by atoms with Crippen LogP contribution in [0.4, 0.5) is 10.2 Å². The second-order valence-electron chi connectivity index (χ2n) is 6.73. The van der Waals surface area contributed by atoms with Gasteiger partial charge in [0.05, 0.1) is 24.4 Å². The molecule has 3 rings (SSSR count). The molecule has 2 aliphatic heterocycles. The van der Waals surface area contributed by atoms with Gasteiger partial charge in [-0.15, -0.1) is 0 Å². The number of rotatable bonds is 2. The van der Waals surface area contributed by atoms with Crippen LogP contribution in [-0.2, 0) is 14.0 Å². The van der Waals surface area contributed by atoms with Crippen LogP contribution >= 0.6 is 0 Å². The van der Waals surface area contributed by atoms with Crippen molar-refractivity contribution in [2.45, 2.75) is 38.9 Å². The molecule has 2 saturated heterocycles. The van der Waals surface area contributed by atoms with Gasteiger partial charge < -0.3 is 18.9 Å². The van der Waals surface area contributed by atoms with E-state index in [1.54, 1.807) is 12.3 Å². The normalized spacial score (nSPS) is 23.9. The lowest BCUT2D eigenvalue weighted by Gasteiger charge is -2.32. The highest BCUT2D eigenvalue weighted by atomic mass is 19.1. The monoisotopic (exact) mass is 308 g/mol. The Balaban J connectivity index is 1.89. The molecule has 2 fully saturated rings. The Morgan fingerprint density at radius 3 is 2.32 bits per heavy atom. The summed E-state index contributed by atoms with van der Waals surface area (Å²) in [7, 11) is -0.715. The molecule has 22 heavy (non-hydrogen) atoms. The zero-order valence-electron chi connectivity index (χ0n) is 13.6. The molecular formula is C15H22BFN2O3. The van der Waals surface area contributed by atoms with Crippen LogP contribution in [0.3, 0.4) is 0 Å². The average Bonchev–Trinajstić information content (AvgIpc) is 2.68. The fraction of sp³-hybridized carbons (Fsp3) is 0.667. The van der Waals surface area contributed by atoms with Crippen LogP contribution < -0.4 is 10.4 Å². The zero-order chi connectivity index (χ0) is 16.0. The first-order valence-corrected chi connectivity index (χ1v) is 7.64. The van der Waals surface area contributed by atoms with E-state index in [4.69, 9.17) is 14.0 Å². The van der Waals surface area contributed by atoms with Gasteiger partial charge in [0.1, 0.15) is 0 Å². The Labute approximate surface area is 130 Å². The summed E-state index contributed by atoms with van der Waals surface area (Å²) >= 11 is 0. The first-order valence-electron chi connectivity index (χ1n) is 7.64. The molecule has 0 amide bonds. The van der Waals surface area contributed by atoms with E-state index in [1.165, 1.54) is 0 Å². The van der Waals surface area contributed by atoms with Crippen molar-refractivity contribution in [2.24, 2.45) is 0 Å². The van der Waals surface area contributed by atoms with Crippen LogP contribution in [0.1, 0.15) is 27.7 Å². The summed E-state index contributed by atoms with van der Waals surface area (Å²) in [4.78, 5) is 6.09. The predicted octanol–water partition coefficient (Wildman–Crippen LogP) is 1.36. The van der Waals surface area contributed by atoms with Gasteiger partial charge in [-0.2, -0.15) is 0 Å². The van der Waals surface area contributed by atoms with Gasteiger partial charge in [-0.1, -0.05) is 0 Å². The largest absolute Gasteiger partial charge is 0.498 e. The van der Waals surface area contributed by atoms with Crippen molar-refractivity contribution in [3.05, 3.63) is 18.1 Å². The van der Waals surface area contributed by atoms with E-state index in [2.05, 4.69) is 4.98 Å². The van der Waals surface area contributed by atoms with Crippen LogP contribution in [0.25, 0.3) is 0 Å². The highest BCUT2D eigenvalue weighted by molar-refractivity contribution is 6.62. The lowest BCUT2D eigenvalue weighted by Crippen LogP contribution is -2.41. The number of pyridine rings is 1. The van der Waals surface area contributed by atoms with Gasteiger partial charge in [0.15, 0.2) is 11.6 Å². The third-order valence-corrected chi connectivity index (χ3v) is 4.72. The summed E-state index contributed by atoms with van der Waals surface area (Å²) in [6.07, 6.45) is 1.61. The maximum absolute atomic E-state index is 14.9. The van der Waals surface area contributed by atoms with Gasteiger partial charge in [-0.25, -0.2) is 9.37 Å². The number of aromatic nitrogens is 1. The number of ether oxygens (including phenoxy) is 1. The number of halogens is 1. The fourth-order valence-electron chi connectivity index (χ4n) is 2.59. The molecule has 120 valence electrons. The van der Waals surface area contributed by atoms with Crippen molar-refractivity contribution in [3.63, 3.8) is 0 Å². The van der Waals surface area contributed by atoms with Crippen molar-refractivity contribution in [3.8, 4) is 0 Å². The Kier molecular flexibility index (Phi) is 3.91. The average molecular weight is 308 g/mol. The molecule has 0 atom stereocenters. The topological polar surface area (TPSA) is 43.8 Å². The lowest BCUT2D eigenvalue weighted by atomic mass is 9.79. The molecule has 2 aliphatic rings. The van der Waals surface area contributed by atoms with Crippen molar-refractivity contribution < 1.29 is 18.4 Å². The van der Waals surface area contributed by atoms with E-state index in [1.807, 2.05) is 32.6 Å². The molecule has 0 spiro atoms. The van der Waals surface area contributed by atoms with Gasteiger partial charge in [0.25, 0.3) is 0 Å². The molecule has 0 bridgehead atoms. The fourth-order valence-corrected chi connectivity index (χ4v) is 2.59. The first kappa shape index (κ1) is 15.7. The minimum Gasteiger partial charge on any atom is -0.399 e. The minimum atomic E-state index is -0.715. The molecule has 0 radical (unpaired) electrons. The number of anilines is 1. The smallest absolute Gasteiger partial charge is 0.399 e.